The monoisotopic (exact) mass is 213 g/mol. The zero-order valence-electron chi connectivity index (χ0n) is 10.6. The molecule has 0 aliphatic heterocycles. The topological polar surface area (TPSA) is 32.5 Å². The fourth-order valence-electron chi connectivity index (χ4n) is 2.29. The zero-order chi connectivity index (χ0) is 11.3. The second kappa shape index (κ2) is 6.46. The van der Waals surface area contributed by atoms with Crippen molar-refractivity contribution < 1.29 is 0 Å². The molecule has 90 valence electrons. The van der Waals surface area contributed by atoms with Crippen LogP contribution in [0, 0.1) is 5.92 Å². The van der Waals surface area contributed by atoms with Crippen molar-refractivity contribution in [3.8, 4) is 0 Å². The lowest BCUT2D eigenvalue weighted by Crippen LogP contribution is -2.32. The highest BCUT2D eigenvalue weighted by molar-refractivity contribution is 4.80. The van der Waals surface area contributed by atoms with Crippen molar-refractivity contribution in [3.05, 3.63) is 0 Å². The third-order valence-electron chi connectivity index (χ3n) is 3.53. The molecule has 0 aromatic carbocycles. The number of hydrogen-bond donors (Lipinski definition) is 1. The highest BCUT2D eigenvalue weighted by Gasteiger charge is 2.23. The minimum Gasteiger partial charge on any atom is -0.327 e. The number of hydrogen-bond acceptors (Lipinski definition) is 3. The first-order chi connectivity index (χ1) is 7.09. The summed E-state index contributed by atoms with van der Waals surface area (Å²) in [5.74, 6) is 0.784. The van der Waals surface area contributed by atoms with Gasteiger partial charge in [-0.15, -0.1) is 0 Å². The number of rotatable bonds is 6. The zero-order valence-corrected chi connectivity index (χ0v) is 10.6. The van der Waals surface area contributed by atoms with Gasteiger partial charge in [-0.3, -0.25) is 0 Å². The van der Waals surface area contributed by atoms with Crippen LogP contribution in [0.4, 0.5) is 0 Å². The van der Waals surface area contributed by atoms with E-state index in [2.05, 4.69) is 30.9 Å². The van der Waals surface area contributed by atoms with Crippen LogP contribution in [0.3, 0.4) is 0 Å². The highest BCUT2D eigenvalue weighted by Crippen LogP contribution is 2.26. The van der Waals surface area contributed by atoms with Gasteiger partial charge in [-0.1, -0.05) is 6.42 Å². The van der Waals surface area contributed by atoms with Crippen LogP contribution in [0.2, 0.25) is 0 Å². The van der Waals surface area contributed by atoms with Crippen LogP contribution in [0.5, 0.6) is 0 Å². The highest BCUT2D eigenvalue weighted by atomic mass is 15.1. The van der Waals surface area contributed by atoms with E-state index in [9.17, 15) is 0 Å². The summed E-state index contributed by atoms with van der Waals surface area (Å²) in [6, 6.07) is 0.479. The Balaban J connectivity index is 2.08. The second-order valence-electron chi connectivity index (χ2n) is 5.25. The van der Waals surface area contributed by atoms with Crippen molar-refractivity contribution in [2.45, 2.75) is 31.7 Å². The summed E-state index contributed by atoms with van der Waals surface area (Å²) in [4.78, 5) is 4.66. The summed E-state index contributed by atoms with van der Waals surface area (Å²) in [5, 5.41) is 0. The molecule has 1 rings (SSSR count). The molecule has 1 fully saturated rings. The van der Waals surface area contributed by atoms with Gasteiger partial charge >= 0.3 is 0 Å². The van der Waals surface area contributed by atoms with E-state index in [1.54, 1.807) is 0 Å². The van der Waals surface area contributed by atoms with Crippen LogP contribution >= 0.6 is 0 Å². The first-order valence-corrected chi connectivity index (χ1v) is 6.18. The van der Waals surface area contributed by atoms with Gasteiger partial charge in [0.15, 0.2) is 0 Å². The van der Waals surface area contributed by atoms with Crippen molar-refractivity contribution in [2.24, 2.45) is 11.7 Å². The van der Waals surface area contributed by atoms with Gasteiger partial charge in [-0.25, -0.2) is 0 Å². The summed E-state index contributed by atoms with van der Waals surface area (Å²) in [6.07, 6.45) is 5.22. The summed E-state index contributed by atoms with van der Waals surface area (Å²) in [5.41, 5.74) is 6.06. The third-order valence-corrected chi connectivity index (χ3v) is 3.53. The minimum atomic E-state index is 0.479. The number of nitrogens with zero attached hydrogens (tertiary/aromatic N) is 2. The normalized spacial score (nSPS) is 26.8. The maximum Gasteiger partial charge on any atom is 0.0106 e. The van der Waals surface area contributed by atoms with Gasteiger partial charge in [0.05, 0.1) is 0 Å². The Morgan fingerprint density at radius 2 is 1.80 bits per heavy atom. The molecular weight excluding hydrogens is 186 g/mol. The Bertz CT molecular complexity index is 170. The van der Waals surface area contributed by atoms with Crippen molar-refractivity contribution in [1.82, 2.24) is 9.80 Å². The molecule has 3 nitrogen and oxygen atoms in total. The first kappa shape index (κ1) is 12.9. The van der Waals surface area contributed by atoms with E-state index in [0.29, 0.717) is 6.04 Å². The van der Waals surface area contributed by atoms with E-state index in [-0.39, 0.29) is 0 Å². The fraction of sp³-hybridized carbons (Fsp3) is 1.00. The molecule has 0 bridgehead atoms. The minimum absolute atomic E-state index is 0.479. The van der Waals surface area contributed by atoms with Crippen LogP contribution in [0.15, 0.2) is 0 Å². The maximum atomic E-state index is 6.06. The number of nitrogens with two attached hydrogens (primary N) is 1. The lowest BCUT2D eigenvalue weighted by molar-refractivity contribution is 0.260. The van der Waals surface area contributed by atoms with Crippen molar-refractivity contribution in [2.75, 3.05) is 40.8 Å². The van der Waals surface area contributed by atoms with Crippen LogP contribution < -0.4 is 5.73 Å². The lowest BCUT2D eigenvalue weighted by Gasteiger charge is -2.22. The molecule has 0 saturated heterocycles. The Morgan fingerprint density at radius 3 is 2.33 bits per heavy atom. The standard InChI is InChI=1S/C12H27N3/c1-14(2)9-10-15(3)8-7-11-5-4-6-12(11)13/h11-12H,4-10,13H2,1-3H3. The van der Waals surface area contributed by atoms with E-state index in [0.717, 1.165) is 19.0 Å². The Kier molecular flexibility index (Phi) is 5.58. The van der Waals surface area contributed by atoms with Crippen molar-refractivity contribution in [3.63, 3.8) is 0 Å². The summed E-state index contributed by atoms with van der Waals surface area (Å²) >= 11 is 0. The SMILES string of the molecule is CN(C)CCN(C)CCC1CCCC1N. The Labute approximate surface area is 94.6 Å². The molecule has 15 heavy (non-hydrogen) atoms. The van der Waals surface area contributed by atoms with E-state index in [1.807, 2.05) is 0 Å². The molecular formula is C12H27N3. The smallest absolute Gasteiger partial charge is 0.0106 e. The van der Waals surface area contributed by atoms with E-state index in [4.69, 9.17) is 5.73 Å². The molecule has 2 unspecified atom stereocenters. The molecule has 0 aromatic heterocycles. The predicted molar refractivity (Wildman–Crippen MR) is 66.0 cm³/mol. The molecule has 1 saturated carbocycles. The van der Waals surface area contributed by atoms with E-state index >= 15 is 0 Å². The Hall–Kier alpha value is -0.120. The van der Waals surface area contributed by atoms with Gasteiger partial charge in [-0.2, -0.15) is 0 Å². The summed E-state index contributed by atoms with van der Waals surface area (Å²) in [7, 11) is 6.46. The lowest BCUT2D eigenvalue weighted by atomic mass is 10.0. The molecule has 2 atom stereocenters. The maximum absolute atomic E-state index is 6.06. The molecule has 1 aliphatic rings. The van der Waals surface area contributed by atoms with Crippen molar-refractivity contribution in [1.29, 1.82) is 0 Å². The average molecular weight is 213 g/mol. The van der Waals surface area contributed by atoms with Crippen LogP contribution in [-0.4, -0.2) is 56.6 Å². The molecule has 2 N–H and O–H groups in total. The van der Waals surface area contributed by atoms with Gasteiger partial charge in [0.1, 0.15) is 0 Å². The molecule has 0 amide bonds. The van der Waals surface area contributed by atoms with Crippen LogP contribution in [0.25, 0.3) is 0 Å². The molecule has 0 radical (unpaired) electrons. The van der Waals surface area contributed by atoms with Crippen LogP contribution in [-0.2, 0) is 0 Å². The Morgan fingerprint density at radius 1 is 1.07 bits per heavy atom. The largest absolute Gasteiger partial charge is 0.327 e. The predicted octanol–water partition coefficient (Wildman–Crippen LogP) is 0.997. The van der Waals surface area contributed by atoms with Gasteiger partial charge in [0.25, 0.3) is 0 Å². The third kappa shape index (κ3) is 4.96. The second-order valence-corrected chi connectivity index (χ2v) is 5.25. The summed E-state index contributed by atoms with van der Waals surface area (Å²) < 4.78 is 0. The molecule has 0 aromatic rings. The quantitative estimate of drug-likeness (QED) is 0.714. The van der Waals surface area contributed by atoms with Gasteiger partial charge in [0.2, 0.25) is 0 Å². The number of likely N-dealkylation sites (N-methyl/N-ethyl adjacent to an activating group) is 2. The van der Waals surface area contributed by atoms with Gasteiger partial charge in [-0.05, 0) is 52.9 Å². The van der Waals surface area contributed by atoms with Crippen LogP contribution in [0.1, 0.15) is 25.7 Å². The van der Waals surface area contributed by atoms with Gasteiger partial charge < -0.3 is 15.5 Å². The first-order valence-electron chi connectivity index (χ1n) is 6.18. The molecule has 3 heteroatoms. The van der Waals surface area contributed by atoms with Crippen molar-refractivity contribution >= 4 is 0 Å². The summed E-state index contributed by atoms with van der Waals surface area (Å²) in [6.45, 7) is 3.51. The average Bonchev–Trinajstić information content (AvgIpc) is 2.58. The van der Waals surface area contributed by atoms with E-state index < -0.39 is 0 Å². The van der Waals surface area contributed by atoms with Gasteiger partial charge in [0, 0.05) is 19.1 Å². The molecule has 0 heterocycles. The van der Waals surface area contributed by atoms with E-state index in [1.165, 1.54) is 32.2 Å². The molecule has 0 spiro atoms. The fourth-order valence-corrected chi connectivity index (χ4v) is 2.29. The molecule has 1 aliphatic carbocycles.